The topological polar surface area (TPSA) is 96.7 Å². The third-order valence-corrected chi connectivity index (χ3v) is 5.93. The van der Waals surface area contributed by atoms with Crippen LogP contribution in [0.3, 0.4) is 0 Å². The van der Waals surface area contributed by atoms with Gasteiger partial charge < -0.3 is 26.0 Å². The summed E-state index contributed by atoms with van der Waals surface area (Å²) in [5.41, 5.74) is 8.08. The molecule has 0 aliphatic heterocycles. The first kappa shape index (κ1) is 22.2. The SMILES string of the molecule is CN(C(=O)C1CCCCC1)c1ccc(NC2CC(NC(=O)OC(C)(C)C)C2)c(N)c1. The van der Waals surface area contributed by atoms with E-state index in [1.54, 1.807) is 4.90 Å². The summed E-state index contributed by atoms with van der Waals surface area (Å²) < 4.78 is 5.29. The Hall–Kier alpha value is -2.44. The van der Waals surface area contributed by atoms with Crippen LogP contribution in [0.25, 0.3) is 0 Å². The Balaban J connectivity index is 1.49. The lowest BCUT2D eigenvalue weighted by Crippen LogP contribution is -2.50. The van der Waals surface area contributed by atoms with Crippen LogP contribution in [-0.2, 0) is 9.53 Å². The van der Waals surface area contributed by atoms with Crippen molar-refractivity contribution in [2.45, 2.75) is 83.4 Å². The molecule has 0 heterocycles. The minimum Gasteiger partial charge on any atom is -0.444 e. The van der Waals surface area contributed by atoms with E-state index in [9.17, 15) is 9.59 Å². The van der Waals surface area contributed by atoms with Crippen molar-refractivity contribution in [3.63, 3.8) is 0 Å². The summed E-state index contributed by atoms with van der Waals surface area (Å²) in [5, 5.41) is 6.33. The average molecular weight is 417 g/mol. The molecule has 30 heavy (non-hydrogen) atoms. The number of benzene rings is 1. The Kier molecular flexibility index (Phi) is 6.78. The lowest BCUT2D eigenvalue weighted by molar-refractivity contribution is -0.123. The maximum absolute atomic E-state index is 12.8. The van der Waals surface area contributed by atoms with Crippen molar-refractivity contribution in [2.75, 3.05) is 23.0 Å². The van der Waals surface area contributed by atoms with Gasteiger partial charge in [-0.3, -0.25) is 4.79 Å². The normalized spacial score (nSPS) is 22.0. The van der Waals surface area contributed by atoms with Gasteiger partial charge in [-0.25, -0.2) is 4.79 Å². The second-order valence-electron chi connectivity index (χ2n) is 9.66. The molecule has 1 aromatic rings. The Morgan fingerprint density at radius 3 is 2.37 bits per heavy atom. The number of amides is 2. The number of hydrogen-bond donors (Lipinski definition) is 3. The Morgan fingerprint density at radius 2 is 1.77 bits per heavy atom. The van der Waals surface area contributed by atoms with Crippen molar-refractivity contribution in [3.8, 4) is 0 Å². The summed E-state index contributed by atoms with van der Waals surface area (Å²) in [6.45, 7) is 5.55. The van der Waals surface area contributed by atoms with Gasteiger partial charge in [-0.05, 0) is 64.7 Å². The lowest BCUT2D eigenvalue weighted by Gasteiger charge is -2.37. The quantitative estimate of drug-likeness (QED) is 0.623. The van der Waals surface area contributed by atoms with Gasteiger partial charge in [-0.15, -0.1) is 0 Å². The van der Waals surface area contributed by atoms with Crippen molar-refractivity contribution >= 4 is 29.1 Å². The van der Waals surface area contributed by atoms with Crippen LogP contribution in [0.15, 0.2) is 18.2 Å². The van der Waals surface area contributed by atoms with E-state index >= 15 is 0 Å². The van der Waals surface area contributed by atoms with Crippen molar-refractivity contribution in [3.05, 3.63) is 18.2 Å². The zero-order valence-corrected chi connectivity index (χ0v) is 18.7. The maximum atomic E-state index is 12.8. The molecule has 0 unspecified atom stereocenters. The summed E-state index contributed by atoms with van der Waals surface area (Å²) in [4.78, 5) is 26.3. The highest BCUT2D eigenvalue weighted by molar-refractivity contribution is 5.95. The number of anilines is 3. The van der Waals surface area contributed by atoms with Gasteiger partial charge in [0.25, 0.3) is 0 Å². The summed E-state index contributed by atoms with van der Waals surface area (Å²) in [6.07, 6.45) is 6.75. The van der Waals surface area contributed by atoms with Gasteiger partial charge in [-0.2, -0.15) is 0 Å². The Labute approximate surface area is 179 Å². The molecule has 2 amide bonds. The number of carbonyl (C=O) groups excluding carboxylic acids is 2. The van der Waals surface area contributed by atoms with Crippen LogP contribution in [0.5, 0.6) is 0 Å². The fourth-order valence-electron chi connectivity index (χ4n) is 4.19. The highest BCUT2D eigenvalue weighted by Gasteiger charge is 2.32. The number of alkyl carbamates (subject to hydrolysis) is 1. The Bertz CT molecular complexity index is 762. The van der Waals surface area contributed by atoms with Gasteiger partial charge in [0.15, 0.2) is 0 Å². The third-order valence-electron chi connectivity index (χ3n) is 5.93. The van der Waals surface area contributed by atoms with E-state index in [0.717, 1.165) is 49.9 Å². The minimum absolute atomic E-state index is 0.108. The maximum Gasteiger partial charge on any atom is 0.407 e. The van der Waals surface area contributed by atoms with Gasteiger partial charge in [0.05, 0.1) is 11.4 Å². The second kappa shape index (κ2) is 9.14. The van der Waals surface area contributed by atoms with Crippen LogP contribution in [0.2, 0.25) is 0 Å². The van der Waals surface area contributed by atoms with E-state index in [-0.39, 0.29) is 30.0 Å². The zero-order valence-electron chi connectivity index (χ0n) is 18.7. The number of nitrogens with two attached hydrogens (primary N) is 1. The van der Waals surface area contributed by atoms with Crippen LogP contribution < -0.4 is 21.3 Å². The highest BCUT2D eigenvalue weighted by atomic mass is 16.6. The summed E-state index contributed by atoms with van der Waals surface area (Å²) >= 11 is 0. The minimum atomic E-state index is -0.493. The largest absolute Gasteiger partial charge is 0.444 e. The van der Waals surface area contributed by atoms with Crippen LogP contribution in [0.4, 0.5) is 21.9 Å². The molecule has 2 fully saturated rings. The van der Waals surface area contributed by atoms with Gasteiger partial charge in [0, 0.05) is 30.7 Å². The molecule has 0 aromatic heterocycles. The molecule has 4 N–H and O–H groups in total. The number of nitrogens with one attached hydrogen (secondary N) is 2. The van der Waals surface area contributed by atoms with Gasteiger partial charge in [-0.1, -0.05) is 19.3 Å². The molecule has 0 bridgehead atoms. The molecular weight excluding hydrogens is 380 g/mol. The van der Waals surface area contributed by atoms with Crippen LogP contribution >= 0.6 is 0 Å². The van der Waals surface area contributed by atoms with E-state index in [4.69, 9.17) is 10.5 Å². The van der Waals surface area contributed by atoms with E-state index in [0.29, 0.717) is 5.69 Å². The van der Waals surface area contributed by atoms with E-state index in [1.807, 2.05) is 46.0 Å². The first-order valence-corrected chi connectivity index (χ1v) is 11.1. The van der Waals surface area contributed by atoms with Gasteiger partial charge in [0.2, 0.25) is 5.91 Å². The zero-order chi connectivity index (χ0) is 21.9. The fraction of sp³-hybridized carbons (Fsp3) is 0.652. The first-order chi connectivity index (χ1) is 14.1. The predicted molar refractivity (Wildman–Crippen MR) is 121 cm³/mol. The van der Waals surface area contributed by atoms with E-state index in [1.165, 1.54) is 6.42 Å². The third kappa shape index (κ3) is 5.80. The number of hydrogen-bond acceptors (Lipinski definition) is 5. The molecule has 0 atom stereocenters. The standard InChI is InChI=1S/C23H36N4O3/c1-23(2,3)30-22(29)26-17-12-16(13-17)25-20-11-10-18(14-19(20)24)27(4)21(28)15-8-6-5-7-9-15/h10-11,14-17,25H,5-9,12-13,24H2,1-4H3,(H,26,29). The molecule has 7 nitrogen and oxygen atoms in total. The van der Waals surface area contributed by atoms with Crippen molar-refractivity contribution in [1.29, 1.82) is 0 Å². The number of rotatable bonds is 5. The monoisotopic (exact) mass is 416 g/mol. The van der Waals surface area contributed by atoms with Gasteiger partial charge in [0.1, 0.15) is 5.60 Å². The molecule has 7 heteroatoms. The molecule has 2 saturated carbocycles. The molecular formula is C23H36N4O3. The average Bonchev–Trinajstić information content (AvgIpc) is 2.65. The molecule has 3 rings (SSSR count). The van der Waals surface area contributed by atoms with Crippen LogP contribution in [0, 0.1) is 5.92 Å². The summed E-state index contributed by atoms with van der Waals surface area (Å²) in [6, 6.07) is 6.09. The van der Waals surface area contributed by atoms with Crippen molar-refractivity contribution in [1.82, 2.24) is 5.32 Å². The Morgan fingerprint density at radius 1 is 1.10 bits per heavy atom. The smallest absolute Gasteiger partial charge is 0.407 e. The molecule has 2 aliphatic rings. The van der Waals surface area contributed by atoms with E-state index in [2.05, 4.69) is 10.6 Å². The number of ether oxygens (including phenoxy) is 1. The molecule has 0 saturated heterocycles. The molecule has 0 radical (unpaired) electrons. The van der Waals surface area contributed by atoms with Crippen molar-refractivity contribution < 1.29 is 14.3 Å². The highest BCUT2D eigenvalue weighted by Crippen LogP contribution is 2.32. The van der Waals surface area contributed by atoms with Crippen LogP contribution in [0.1, 0.15) is 65.7 Å². The number of nitrogens with zero attached hydrogens (tertiary/aromatic N) is 1. The van der Waals surface area contributed by atoms with Crippen LogP contribution in [-0.4, -0.2) is 36.7 Å². The predicted octanol–water partition coefficient (Wildman–Crippen LogP) is 4.28. The second-order valence-corrected chi connectivity index (χ2v) is 9.66. The lowest BCUT2D eigenvalue weighted by atomic mass is 9.86. The summed E-state index contributed by atoms with van der Waals surface area (Å²) in [7, 11) is 1.83. The first-order valence-electron chi connectivity index (χ1n) is 11.1. The van der Waals surface area contributed by atoms with Crippen molar-refractivity contribution in [2.24, 2.45) is 5.92 Å². The fourth-order valence-corrected chi connectivity index (χ4v) is 4.19. The molecule has 1 aromatic carbocycles. The molecule has 166 valence electrons. The number of carbonyl (C=O) groups is 2. The number of nitrogen functional groups attached to an aromatic ring is 1. The summed E-state index contributed by atoms with van der Waals surface area (Å²) in [5.74, 6) is 0.317. The molecule has 0 spiro atoms. The molecule has 2 aliphatic carbocycles. The van der Waals surface area contributed by atoms with Gasteiger partial charge >= 0.3 is 6.09 Å². The van der Waals surface area contributed by atoms with E-state index < -0.39 is 5.60 Å².